The topological polar surface area (TPSA) is 65.4 Å². The predicted octanol–water partition coefficient (Wildman–Crippen LogP) is -0.664. The fourth-order valence-corrected chi connectivity index (χ4v) is 1.11. The van der Waals surface area contributed by atoms with Crippen molar-refractivity contribution in [2.45, 2.75) is 18.9 Å². The zero-order valence-electron chi connectivity index (χ0n) is 7.14. The van der Waals surface area contributed by atoms with Crippen molar-refractivity contribution in [3.8, 4) is 0 Å². The molecular formula is C8H11BN2O2. The van der Waals surface area contributed by atoms with Gasteiger partial charge in [0, 0.05) is 6.04 Å². The van der Waals surface area contributed by atoms with Crippen LogP contribution in [-0.4, -0.2) is 28.2 Å². The Balaban J connectivity index is 2.11. The molecule has 0 saturated heterocycles. The molecule has 5 heteroatoms. The molecule has 1 aliphatic carbocycles. The molecule has 0 radical (unpaired) electrons. The van der Waals surface area contributed by atoms with Crippen LogP contribution in [0.25, 0.3) is 0 Å². The molecule has 0 aromatic carbocycles. The molecule has 1 aromatic rings. The predicted molar refractivity (Wildman–Crippen MR) is 50.7 cm³/mol. The summed E-state index contributed by atoms with van der Waals surface area (Å²) in [4.78, 5) is 4.04. The van der Waals surface area contributed by atoms with Crippen LogP contribution >= 0.6 is 0 Å². The van der Waals surface area contributed by atoms with E-state index in [-0.39, 0.29) is 5.59 Å². The average Bonchev–Trinajstić information content (AvgIpc) is 2.89. The van der Waals surface area contributed by atoms with Gasteiger partial charge in [0.1, 0.15) is 5.82 Å². The maximum absolute atomic E-state index is 8.86. The molecule has 13 heavy (non-hydrogen) atoms. The molecule has 4 nitrogen and oxygen atoms in total. The number of aromatic nitrogens is 1. The molecule has 1 heterocycles. The summed E-state index contributed by atoms with van der Waals surface area (Å²) in [5, 5.41) is 20.9. The maximum atomic E-state index is 8.86. The summed E-state index contributed by atoms with van der Waals surface area (Å²) < 4.78 is 0. The minimum Gasteiger partial charge on any atom is -0.422 e. The van der Waals surface area contributed by atoms with Gasteiger partial charge in [-0.2, -0.15) is 0 Å². The lowest BCUT2D eigenvalue weighted by Crippen LogP contribution is -2.33. The first-order chi connectivity index (χ1) is 6.25. The van der Waals surface area contributed by atoms with Crippen molar-refractivity contribution < 1.29 is 10.0 Å². The Bertz CT molecular complexity index is 302. The van der Waals surface area contributed by atoms with Crippen LogP contribution in [0.1, 0.15) is 12.8 Å². The first-order valence-corrected chi connectivity index (χ1v) is 4.35. The van der Waals surface area contributed by atoms with Crippen molar-refractivity contribution in [3.63, 3.8) is 0 Å². The molecule has 68 valence electrons. The molecule has 0 aliphatic heterocycles. The van der Waals surface area contributed by atoms with Gasteiger partial charge in [0.2, 0.25) is 0 Å². The standard InChI is InChI=1S/C8H11BN2O2/c12-9(13)7-2-1-3-8(11-7)10-6-4-5-6/h1-3,6,12-13H,4-5H2,(H,10,11). The Kier molecular flexibility index (Phi) is 2.20. The Labute approximate surface area is 76.8 Å². The van der Waals surface area contributed by atoms with Crippen LogP contribution in [0.2, 0.25) is 0 Å². The molecule has 0 unspecified atom stereocenters. The molecule has 1 aromatic heterocycles. The molecule has 0 spiro atoms. The molecule has 1 fully saturated rings. The zero-order valence-corrected chi connectivity index (χ0v) is 7.14. The van der Waals surface area contributed by atoms with E-state index in [0.29, 0.717) is 11.9 Å². The Morgan fingerprint density at radius 3 is 2.77 bits per heavy atom. The quantitative estimate of drug-likeness (QED) is 0.537. The Hall–Kier alpha value is -1.07. The monoisotopic (exact) mass is 178 g/mol. The van der Waals surface area contributed by atoms with Crippen LogP contribution in [0.3, 0.4) is 0 Å². The van der Waals surface area contributed by atoms with Gasteiger partial charge < -0.3 is 15.4 Å². The number of nitrogens with zero attached hydrogens (tertiary/aromatic N) is 1. The van der Waals surface area contributed by atoms with Crippen LogP contribution in [0, 0.1) is 0 Å². The first-order valence-electron chi connectivity index (χ1n) is 4.35. The summed E-state index contributed by atoms with van der Waals surface area (Å²) in [6.07, 6.45) is 2.35. The van der Waals surface area contributed by atoms with Gasteiger partial charge in [-0.1, -0.05) is 6.07 Å². The second kappa shape index (κ2) is 3.36. The molecule has 2 rings (SSSR count). The lowest BCUT2D eigenvalue weighted by atomic mass is 9.86. The van der Waals surface area contributed by atoms with Gasteiger partial charge in [-0.25, -0.2) is 4.98 Å². The number of pyridine rings is 1. The van der Waals surface area contributed by atoms with Gasteiger partial charge in [0.05, 0.1) is 5.59 Å². The maximum Gasteiger partial charge on any atom is 0.508 e. The third-order valence-corrected chi connectivity index (χ3v) is 1.96. The van der Waals surface area contributed by atoms with E-state index in [4.69, 9.17) is 10.0 Å². The van der Waals surface area contributed by atoms with E-state index in [0.717, 1.165) is 0 Å². The number of rotatable bonds is 3. The van der Waals surface area contributed by atoms with Crippen molar-refractivity contribution >= 4 is 18.5 Å². The number of nitrogens with one attached hydrogen (secondary N) is 1. The van der Waals surface area contributed by atoms with Gasteiger partial charge in [0.15, 0.2) is 0 Å². The normalized spacial score (nSPS) is 15.5. The fraction of sp³-hybridized carbons (Fsp3) is 0.375. The highest BCUT2D eigenvalue weighted by Gasteiger charge is 2.21. The van der Waals surface area contributed by atoms with Gasteiger partial charge in [-0.3, -0.25) is 0 Å². The van der Waals surface area contributed by atoms with Crippen LogP contribution in [-0.2, 0) is 0 Å². The molecule has 1 saturated carbocycles. The van der Waals surface area contributed by atoms with Crippen molar-refractivity contribution in [2.24, 2.45) is 0 Å². The van der Waals surface area contributed by atoms with E-state index >= 15 is 0 Å². The lowest BCUT2D eigenvalue weighted by Gasteiger charge is -2.04. The van der Waals surface area contributed by atoms with Crippen molar-refractivity contribution in [3.05, 3.63) is 18.2 Å². The van der Waals surface area contributed by atoms with E-state index < -0.39 is 7.12 Å². The summed E-state index contributed by atoms with van der Waals surface area (Å²) in [6, 6.07) is 5.69. The minimum atomic E-state index is -1.49. The number of hydrogen-bond donors (Lipinski definition) is 3. The number of hydrogen-bond acceptors (Lipinski definition) is 4. The summed E-state index contributed by atoms with van der Waals surface area (Å²) >= 11 is 0. The van der Waals surface area contributed by atoms with Crippen LogP contribution in [0.15, 0.2) is 18.2 Å². The summed E-state index contributed by atoms with van der Waals surface area (Å²) in [6.45, 7) is 0. The molecule has 0 atom stereocenters. The summed E-state index contributed by atoms with van der Waals surface area (Å²) in [5.41, 5.74) is 0.283. The second-order valence-electron chi connectivity index (χ2n) is 3.24. The highest BCUT2D eigenvalue weighted by molar-refractivity contribution is 6.57. The SMILES string of the molecule is OB(O)c1cccc(NC2CC2)n1. The zero-order chi connectivity index (χ0) is 9.26. The van der Waals surface area contributed by atoms with Gasteiger partial charge in [-0.05, 0) is 25.0 Å². The third-order valence-electron chi connectivity index (χ3n) is 1.96. The van der Waals surface area contributed by atoms with Crippen LogP contribution in [0.4, 0.5) is 5.82 Å². The lowest BCUT2D eigenvalue weighted by molar-refractivity contribution is 0.424. The molecule has 0 bridgehead atoms. The molecule has 3 N–H and O–H groups in total. The second-order valence-corrected chi connectivity index (χ2v) is 3.24. The molecular weight excluding hydrogens is 167 g/mol. The van der Waals surface area contributed by atoms with Gasteiger partial charge in [0.25, 0.3) is 0 Å². The van der Waals surface area contributed by atoms with Crippen molar-refractivity contribution in [1.29, 1.82) is 0 Å². The van der Waals surface area contributed by atoms with Crippen LogP contribution < -0.4 is 10.9 Å². The summed E-state index contributed by atoms with van der Waals surface area (Å²) in [5.74, 6) is 0.716. The smallest absolute Gasteiger partial charge is 0.422 e. The molecule has 1 aliphatic rings. The minimum absolute atomic E-state index is 0.283. The van der Waals surface area contributed by atoms with Crippen molar-refractivity contribution in [1.82, 2.24) is 4.98 Å². The molecule has 0 amide bonds. The average molecular weight is 178 g/mol. The first kappa shape index (κ1) is 8.53. The Morgan fingerprint density at radius 1 is 1.38 bits per heavy atom. The van der Waals surface area contributed by atoms with E-state index in [1.807, 2.05) is 6.07 Å². The third kappa shape index (κ3) is 2.20. The van der Waals surface area contributed by atoms with E-state index in [1.54, 1.807) is 12.1 Å². The highest BCUT2D eigenvalue weighted by atomic mass is 16.4. The van der Waals surface area contributed by atoms with E-state index in [1.165, 1.54) is 12.8 Å². The van der Waals surface area contributed by atoms with Gasteiger partial charge >= 0.3 is 7.12 Å². The van der Waals surface area contributed by atoms with Gasteiger partial charge in [-0.15, -0.1) is 0 Å². The highest BCUT2D eigenvalue weighted by Crippen LogP contribution is 2.22. The van der Waals surface area contributed by atoms with E-state index in [9.17, 15) is 0 Å². The van der Waals surface area contributed by atoms with Crippen LogP contribution in [0.5, 0.6) is 0 Å². The van der Waals surface area contributed by atoms with Crippen molar-refractivity contribution in [2.75, 3.05) is 5.32 Å². The largest absolute Gasteiger partial charge is 0.508 e. The van der Waals surface area contributed by atoms with E-state index in [2.05, 4.69) is 10.3 Å². The number of anilines is 1. The summed E-state index contributed by atoms with van der Waals surface area (Å²) in [7, 11) is -1.49. The fourth-order valence-electron chi connectivity index (χ4n) is 1.11. The Morgan fingerprint density at radius 2 is 2.15 bits per heavy atom.